The monoisotopic (exact) mass is 193 g/mol. The summed E-state index contributed by atoms with van der Waals surface area (Å²) in [5.74, 6) is 0.465. The SMILES string of the molecule is CCC(O)CNC(=O)CCCCl. The summed E-state index contributed by atoms with van der Waals surface area (Å²) in [4.78, 5) is 10.9. The molecule has 0 rings (SSSR count). The van der Waals surface area contributed by atoms with Crippen LogP contribution < -0.4 is 5.32 Å². The van der Waals surface area contributed by atoms with Crippen molar-refractivity contribution in [2.24, 2.45) is 0 Å². The maximum atomic E-state index is 10.9. The molecular formula is C8H16ClNO2. The quantitative estimate of drug-likeness (QED) is 0.616. The van der Waals surface area contributed by atoms with Crippen molar-refractivity contribution in [3.63, 3.8) is 0 Å². The van der Waals surface area contributed by atoms with Crippen molar-refractivity contribution in [2.45, 2.75) is 32.3 Å². The second-order valence-electron chi connectivity index (χ2n) is 2.66. The highest BCUT2D eigenvalue weighted by Gasteiger charge is 2.03. The van der Waals surface area contributed by atoms with E-state index in [-0.39, 0.29) is 5.91 Å². The zero-order valence-electron chi connectivity index (χ0n) is 7.35. The molecule has 0 saturated carbocycles. The summed E-state index contributed by atoms with van der Waals surface area (Å²) in [6.45, 7) is 2.22. The van der Waals surface area contributed by atoms with Gasteiger partial charge in [0, 0.05) is 18.8 Å². The molecule has 0 spiro atoms. The lowest BCUT2D eigenvalue weighted by atomic mass is 10.2. The van der Waals surface area contributed by atoms with E-state index in [2.05, 4.69) is 5.32 Å². The second-order valence-corrected chi connectivity index (χ2v) is 3.04. The van der Waals surface area contributed by atoms with E-state index >= 15 is 0 Å². The number of rotatable bonds is 6. The van der Waals surface area contributed by atoms with Crippen LogP contribution in [0.3, 0.4) is 0 Å². The summed E-state index contributed by atoms with van der Waals surface area (Å²) < 4.78 is 0. The standard InChI is InChI=1S/C8H16ClNO2/c1-2-7(11)6-10-8(12)4-3-5-9/h7,11H,2-6H2,1H3,(H,10,12). The summed E-state index contributed by atoms with van der Waals surface area (Å²) in [6, 6.07) is 0. The molecule has 12 heavy (non-hydrogen) atoms. The Kier molecular flexibility index (Phi) is 7.20. The number of carbonyl (C=O) groups excluding carboxylic acids is 1. The average Bonchev–Trinajstić information content (AvgIpc) is 2.10. The van der Waals surface area contributed by atoms with Crippen molar-refractivity contribution >= 4 is 17.5 Å². The van der Waals surface area contributed by atoms with Crippen LogP contribution in [-0.2, 0) is 4.79 Å². The van der Waals surface area contributed by atoms with E-state index in [9.17, 15) is 4.79 Å². The van der Waals surface area contributed by atoms with Crippen molar-refractivity contribution in [1.82, 2.24) is 5.32 Å². The second kappa shape index (κ2) is 7.37. The van der Waals surface area contributed by atoms with Gasteiger partial charge in [0.15, 0.2) is 0 Å². The fraction of sp³-hybridized carbons (Fsp3) is 0.875. The van der Waals surface area contributed by atoms with Crippen LogP contribution in [0.4, 0.5) is 0 Å². The lowest BCUT2D eigenvalue weighted by Gasteiger charge is -2.08. The molecular weight excluding hydrogens is 178 g/mol. The lowest BCUT2D eigenvalue weighted by Crippen LogP contribution is -2.31. The van der Waals surface area contributed by atoms with Crippen LogP contribution in [0.1, 0.15) is 26.2 Å². The molecule has 0 fully saturated rings. The van der Waals surface area contributed by atoms with Gasteiger partial charge < -0.3 is 10.4 Å². The summed E-state index contributed by atoms with van der Waals surface area (Å²) in [5.41, 5.74) is 0. The Morgan fingerprint density at radius 2 is 2.33 bits per heavy atom. The van der Waals surface area contributed by atoms with E-state index in [1.54, 1.807) is 0 Å². The number of nitrogens with one attached hydrogen (secondary N) is 1. The summed E-state index contributed by atoms with van der Waals surface area (Å²) in [5, 5.41) is 11.7. The molecule has 0 aliphatic heterocycles. The van der Waals surface area contributed by atoms with Gasteiger partial charge in [-0.3, -0.25) is 4.79 Å². The fourth-order valence-electron chi connectivity index (χ4n) is 0.692. The molecule has 3 nitrogen and oxygen atoms in total. The Bertz CT molecular complexity index is 130. The topological polar surface area (TPSA) is 49.3 Å². The highest BCUT2D eigenvalue weighted by molar-refractivity contribution is 6.17. The highest BCUT2D eigenvalue weighted by Crippen LogP contribution is 1.92. The smallest absolute Gasteiger partial charge is 0.220 e. The van der Waals surface area contributed by atoms with Gasteiger partial charge in [-0.2, -0.15) is 0 Å². The van der Waals surface area contributed by atoms with Gasteiger partial charge in [0.05, 0.1) is 6.10 Å². The van der Waals surface area contributed by atoms with Gasteiger partial charge in [-0.15, -0.1) is 11.6 Å². The average molecular weight is 194 g/mol. The van der Waals surface area contributed by atoms with E-state index < -0.39 is 6.10 Å². The van der Waals surface area contributed by atoms with Crippen molar-refractivity contribution in [3.05, 3.63) is 0 Å². The molecule has 0 aliphatic carbocycles. The van der Waals surface area contributed by atoms with Crippen LogP contribution in [0.25, 0.3) is 0 Å². The first kappa shape index (κ1) is 11.7. The molecule has 1 atom stereocenters. The number of carbonyl (C=O) groups is 1. The molecule has 0 heterocycles. The highest BCUT2D eigenvalue weighted by atomic mass is 35.5. The molecule has 72 valence electrons. The molecule has 0 aliphatic rings. The molecule has 0 bridgehead atoms. The molecule has 1 amide bonds. The van der Waals surface area contributed by atoms with Crippen LogP contribution in [0, 0.1) is 0 Å². The maximum Gasteiger partial charge on any atom is 0.220 e. The van der Waals surface area contributed by atoms with Gasteiger partial charge in [0.25, 0.3) is 0 Å². The number of aliphatic hydroxyl groups is 1. The van der Waals surface area contributed by atoms with Gasteiger partial charge in [-0.1, -0.05) is 6.92 Å². The molecule has 0 aromatic heterocycles. The van der Waals surface area contributed by atoms with Crippen molar-refractivity contribution in [3.8, 4) is 0 Å². The molecule has 4 heteroatoms. The molecule has 2 N–H and O–H groups in total. The summed E-state index contributed by atoms with van der Waals surface area (Å²) in [6.07, 6.45) is 1.37. The zero-order chi connectivity index (χ0) is 9.40. The molecule has 1 unspecified atom stereocenters. The first-order chi connectivity index (χ1) is 5.70. The maximum absolute atomic E-state index is 10.9. The summed E-state index contributed by atoms with van der Waals surface area (Å²) in [7, 11) is 0. The van der Waals surface area contributed by atoms with Crippen LogP contribution in [0.2, 0.25) is 0 Å². The van der Waals surface area contributed by atoms with Crippen LogP contribution >= 0.6 is 11.6 Å². The van der Waals surface area contributed by atoms with Gasteiger partial charge >= 0.3 is 0 Å². The van der Waals surface area contributed by atoms with Gasteiger partial charge in [-0.25, -0.2) is 0 Å². The third-order valence-electron chi connectivity index (χ3n) is 1.54. The summed E-state index contributed by atoms with van der Waals surface area (Å²) >= 11 is 5.41. The molecule has 0 radical (unpaired) electrons. The van der Waals surface area contributed by atoms with E-state index in [4.69, 9.17) is 16.7 Å². The number of amides is 1. The van der Waals surface area contributed by atoms with Gasteiger partial charge in [0.2, 0.25) is 5.91 Å². The van der Waals surface area contributed by atoms with Crippen LogP contribution in [-0.4, -0.2) is 29.5 Å². The minimum Gasteiger partial charge on any atom is -0.391 e. The lowest BCUT2D eigenvalue weighted by molar-refractivity contribution is -0.121. The number of halogens is 1. The van der Waals surface area contributed by atoms with E-state index in [0.717, 1.165) is 0 Å². The number of aliphatic hydroxyl groups excluding tert-OH is 1. The number of alkyl halides is 1. The molecule has 0 aromatic rings. The predicted molar refractivity (Wildman–Crippen MR) is 49.3 cm³/mol. The normalized spacial score (nSPS) is 12.6. The van der Waals surface area contributed by atoms with E-state index in [1.165, 1.54) is 0 Å². The van der Waals surface area contributed by atoms with Crippen molar-refractivity contribution < 1.29 is 9.90 Å². The third kappa shape index (κ3) is 6.43. The Hall–Kier alpha value is -0.280. The Labute approximate surface area is 78.1 Å². The van der Waals surface area contributed by atoms with Crippen LogP contribution in [0.15, 0.2) is 0 Å². The van der Waals surface area contributed by atoms with Gasteiger partial charge in [-0.05, 0) is 12.8 Å². The zero-order valence-corrected chi connectivity index (χ0v) is 8.10. The largest absolute Gasteiger partial charge is 0.391 e. The fourth-order valence-corrected chi connectivity index (χ4v) is 0.825. The van der Waals surface area contributed by atoms with E-state index in [1.807, 2.05) is 6.92 Å². The first-order valence-electron chi connectivity index (χ1n) is 4.21. The predicted octanol–water partition coefficient (Wildman–Crippen LogP) is 0.892. The Morgan fingerprint density at radius 3 is 2.83 bits per heavy atom. The van der Waals surface area contributed by atoms with Gasteiger partial charge in [0.1, 0.15) is 0 Å². The molecule has 0 saturated heterocycles. The Morgan fingerprint density at radius 1 is 1.67 bits per heavy atom. The minimum atomic E-state index is -0.426. The minimum absolute atomic E-state index is 0.0387. The van der Waals surface area contributed by atoms with Crippen molar-refractivity contribution in [2.75, 3.05) is 12.4 Å². The number of hydrogen-bond donors (Lipinski definition) is 2. The number of hydrogen-bond acceptors (Lipinski definition) is 2. The first-order valence-corrected chi connectivity index (χ1v) is 4.74. The van der Waals surface area contributed by atoms with Crippen LogP contribution in [0.5, 0.6) is 0 Å². The van der Waals surface area contributed by atoms with Crippen molar-refractivity contribution in [1.29, 1.82) is 0 Å². The third-order valence-corrected chi connectivity index (χ3v) is 1.81. The molecule has 0 aromatic carbocycles. The Balaban J connectivity index is 3.31. The van der Waals surface area contributed by atoms with E-state index in [0.29, 0.717) is 31.7 Å².